The Morgan fingerprint density at radius 3 is 2.52 bits per heavy atom. The molecule has 0 atom stereocenters. The third kappa shape index (κ3) is 4.51. The molecule has 5 rings (SSSR count). The molecule has 166 valence electrons. The number of hydrogen-bond donors (Lipinski definition) is 1. The van der Waals surface area contributed by atoms with E-state index < -0.39 is 11.6 Å². The lowest BCUT2D eigenvalue weighted by molar-refractivity contribution is -0.119. The summed E-state index contributed by atoms with van der Waals surface area (Å²) in [5, 5.41) is 11.5. The molecule has 0 fully saturated rings. The highest BCUT2D eigenvalue weighted by Gasteiger charge is 2.20. The minimum Gasteiger partial charge on any atom is -0.309 e. The lowest BCUT2D eigenvalue weighted by atomic mass is 10.1. The van der Waals surface area contributed by atoms with Crippen LogP contribution in [0.5, 0.6) is 0 Å². The fourth-order valence-corrected chi connectivity index (χ4v) is 4.01. The Bertz CT molecular complexity index is 1330. The fraction of sp³-hybridized carbons (Fsp3) is 0.160. The van der Waals surface area contributed by atoms with Gasteiger partial charge in [-0.2, -0.15) is 0 Å². The Balaban J connectivity index is 1.46. The van der Waals surface area contributed by atoms with E-state index in [9.17, 15) is 13.6 Å². The van der Waals surface area contributed by atoms with Crippen LogP contribution in [0.1, 0.15) is 11.1 Å². The normalized spacial score (nSPS) is 13.3. The van der Waals surface area contributed by atoms with Crippen LogP contribution in [0, 0.1) is 11.6 Å². The van der Waals surface area contributed by atoms with Crippen LogP contribution in [0.25, 0.3) is 16.6 Å². The van der Waals surface area contributed by atoms with E-state index in [1.54, 1.807) is 0 Å². The minimum atomic E-state index is -0.685. The second-order valence-corrected chi connectivity index (χ2v) is 7.90. The summed E-state index contributed by atoms with van der Waals surface area (Å²) in [6.07, 6.45) is 2.13. The molecule has 1 aromatic heterocycles. The molecule has 0 radical (unpaired) electrons. The van der Waals surface area contributed by atoms with Crippen molar-refractivity contribution in [3.63, 3.8) is 0 Å². The Morgan fingerprint density at radius 2 is 1.79 bits per heavy atom. The van der Waals surface area contributed by atoms with Crippen LogP contribution in [-0.2, 0) is 17.9 Å². The smallest absolute Gasteiger partial charge is 0.249 e. The lowest BCUT2D eigenvalue weighted by Gasteiger charge is -2.23. The van der Waals surface area contributed by atoms with Crippen LogP contribution in [0.4, 0.5) is 14.5 Å². The minimum absolute atomic E-state index is 0.0176. The first-order chi connectivity index (χ1) is 16.1. The molecule has 2 heterocycles. The number of nitrogens with zero attached hydrogens (tertiary/aromatic N) is 4. The summed E-state index contributed by atoms with van der Waals surface area (Å²) in [6.45, 7) is 1.58. The molecule has 6 nitrogen and oxygen atoms in total. The molecule has 0 aliphatic carbocycles. The summed E-state index contributed by atoms with van der Waals surface area (Å²) in [7, 11) is 0. The van der Waals surface area contributed by atoms with Gasteiger partial charge in [0.05, 0.1) is 12.1 Å². The number of benzene rings is 3. The van der Waals surface area contributed by atoms with Crippen molar-refractivity contribution in [3.8, 4) is 0 Å². The summed E-state index contributed by atoms with van der Waals surface area (Å²) in [5.41, 5.74) is 4.67. The molecule has 33 heavy (non-hydrogen) atoms. The van der Waals surface area contributed by atoms with E-state index in [0.29, 0.717) is 16.8 Å². The standard InChI is InChI=1S/C25H21F2N5O/c26-20-11-17(12-21(27)13-20)15-31(22-7-5-18(6-8-22)19-9-10-28-14-19)25(33)16-32-24-4-2-1-3-23(24)29-30-32/h1-9,11-13,28H,10,14-16H2. The highest BCUT2D eigenvalue weighted by Crippen LogP contribution is 2.24. The molecular weight excluding hydrogens is 424 g/mol. The number of fused-ring (bicyclic) bond motifs is 1. The molecule has 0 spiro atoms. The first kappa shape index (κ1) is 21.0. The van der Waals surface area contributed by atoms with Gasteiger partial charge in [0.2, 0.25) is 5.91 Å². The first-order valence-electron chi connectivity index (χ1n) is 10.6. The van der Waals surface area contributed by atoms with Crippen LogP contribution < -0.4 is 10.2 Å². The summed E-state index contributed by atoms with van der Waals surface area (Å²) in [5.74, 6) is -1.64. The molecule has 4 aromatic rings. The number of anilines is 1. The van der Waals surface area contributed by atoms with E-state index in [1.165, 1.54) is 27.3 Å². The Labute approximate surface area is 189 Å². The number of carbonyl (C=O) groups is 1. The van der Waals surface area contributed by atoms with Gasteiger partial charge in [-0.25, -0.2) is 13.5 Å². The van der Waals surface area contributed by atoms with Crippen molar-refractivity contribution in [1.82, 2.24) is 20.3 Å². The van der Waals surface area contributed by atoms with Crippen molar-refractivity contribution in [3.05, 3.63) is 95.6 Å². The third-order valence-corrected chi connectivity index (χ3v) is 5.63. The number of hydrogen-bond acceptors (Lipinski definition) is 4. The predicted octanol–water partition coefficient (Wildman–Crippen LogP) is 3.93. The molecule has 0 saturated heterocycles. The van der Waals surface area contributed by atoms with Crippen LogP contribution in [0.3, 0.4) is 0 Å². The molecule has 0 bridgehead atoms. The first-order valence-corrected chi connectivity index (χ1v) is 10.6. The van der Waals surface area contributed by atoms with Gasteiger partial charge in [-0.15, -0.1) is 5.10 Å². The number of nitrogens with one attached hydrogen (secondary N) is 1. The van der Waals surface area contributed by atoms with Crippen LogP contribution in [0.15, 0.2) is 72.8 Å². The quantitative estimate of drug-likeness (QED) is 0.489. The Hall–Kier alpha value is -3.91. The van der Waals surface area contributed by atoms with Crippen LogP contribution in [0.2, 0.25) is 0 Å². The van der Waals surface area contributed by atoms with Gasteiger partial charge >= 0.3 is 0 Å². The molecule has 1 aliphatic rings. The van der Waals surface area contributed by atoms with Crippen molar-refractivity contribution in [2.45, 2.75) is 13.1 Å². The van der Waals surface area contributed by atoms with Crippen molar-refractivity contribution in [2.75, 3.05) is 18.0 Å². The summed E-state index contributed by atoms with van der Waals surface area (Å²) >= 11 is 0. The van der Waals surface area contributed by atoms with Crippen molar-refractivity contribution in [1.29, 1.82) is 0 Å². The maximum atomic E-state index is 13.8. The van der Waals surface area contributed by atoms with Gasteiger partial charge in [-0.1, -0.05) is 35.6 Å². The zero-order chi connectivity index (χ0) is 22.8. The third-order valence-electron chi connectivity index (χ3n) is 5.63. The van der Waals surface area contributed by atoms with E-state index in [0.717, 1.165) is 30.2 Å². The molecule has 1 N–H and O–H groups in total. The topological polar surface area (TPSA) is 63.1 Å². The van der Waals surface area contributed by atoms with Gasteiger partial charge in [0.25, 0.3) is 0 Å². The van der Waals surface area contributed by atoms with Gasteiger partial charge in [0.1, 0.15) is 23.7 Å². The Kier molecular flexibility index (Phi) is 5.66. The van der Waals surface area contributed by atoms with Gasteiger partial charge in [-0.05, 0) is 53.1 Å². The van der Waals surface area contributed by atoms with Gasteiger partial charge in [0.15, 0.2) is 0 Å². The summed E-state index contributed by atoms with van der Waals surface area (Å²) in [4.78, 5) is 14.9. The zero-order valence-electron chi connectivity index (χ0n) is 17.7. The van der Waals surface area contributed by atoms with E-state index in [1.807, 2.05) is 48.5 Å². The number of aromatic nitrogens is 3. The average Bonchev–Trinajstić information content (AvgIpc) is 3.48. The van der Waals surface area contributed by atoms with E-state index >= 15 is 0 Å². The van der Waals surface area contributed by atoms with Crippen molar-refractivity contribution in [2.24, 2.45) is 0 Å². The molecule has 0 saturated carbocycles. The number of amides is 1. The van der Waals surface area contributed by atoms with Crippen molar-refractivity contribution < 1.29 is 13.6 Å². The van der Waals surface area contributed by atoms with E-state index in [2.05, 4.69) is 21.7 Å². The molecule has 1 amide bonds. The molecule has 0 unspecified atom stereocenters. The fourth-order valence-electron chi connectivity index (χ4n) is 4.01. The highest BCUT2D eigenvalue weighted by atomic mass is 19.1. The van der Waals surface area contributed by atoms with E-state index in [4.69, 9.17) is 0 Å². The lowest BCUT2D eigenvalue weighted by Crippen LogP contribution is -2.33. The SMILES string of the molecule is O=C(Cn1nnc2ccccc21)N(Cc1cc(F)cc(F)c1)c1ccc(C2=CCNC2)cc1. The average molecular weight is 445 g/mol. The second-order valence-electron chi connectivity index (χ2n) is 7.90. The van der Waals surface area contributed by atoms with E-state index in [-0.39, 0.29) is 19.0 Å². The molecule has 8 heteroatoms. The van der Waals surface area contributed by atoms with Crippen LogP contribution in [-0.4, -0.2) is 34.0 Å². The second kappa shape index (κ2) is 8.91. The summed E-state index contributed by atoms with van der Waals surface area (Å²) in [6, 6.07) is 18.2. The van der Waals surface area contributed by atoms with Crippen LogP contribution >= 0.6 is 0 Å². The number of para-hydroxylation sites is 1. The molecule has 3 aromatic carbocycles. The molecule has 1 aliphatic heterocycles. The Morgan fingerprint density at radius 1 is 1.03 bits per heavy atom. The zero-order valence-corrected chi connectivity index (χ0v) is 17.7. The maximum Gasteiger partial charge on any atom is 0.249 e. The number of rotatable bonds is 6. The maximum absolute atomic E-state index is 13.8. The number of halogens is 2. The predicted molar refractivity (Wildman–Crippen MR) is 122 cm³/mol. The highest BCUT2D eigenvalue weighted by molar-refractivity contribution is 5.94. The van der Waals surface area contributed by atoms with Gasteiger partial charge < -0.3 is 10.2 Å². The number of carbonyl (C=O) groups excluding carboxylic acids is 1. The monoisotopic (exact) mass is 445 g/mol. The largest absolute Gasteiger partial charge is 0.309 e. The summed E-state index contributed by atoms with van der Waals surface area (Å²) < 4.78 is 29.1. The van der Waals surface area contributed by atoms with Gasteiger partial charge in [-0.3, -0.25) is 4.79 Å². The van der Waals surface area contributed by atoms with Gasteiger partial charge in [0, 0.05) is 24.8 Å². The van der Waals surface area contributed by atoms with Crippen molar-refractivity contribution >= 4 is 28.2 Å². The molecular formula is C25H21F2N5O.